The molecule has 1 aliphatic rings. The summed E-state index contributed by atoms with van der Waals surface area (Å²) in [7, 11) is 0. The van der Waals surface area contributed by atoms with E-state index in [4.69, 9.17) is 0 Å². The lowest BCUT2D eigenvalue weighted by molar-refractivity contribution is -0.118. The topological polar surface area (TPSA) is 41.1 Å². The zero-order valence-electron chi connectivity index (χ0n) is 11.1. The van der Waals surface area contributed by atoms with E-state index in [9.17, 15) is 13.6 Å². The second-order valence-corrected chi connectivity index (χ2v) is 5.93. The van der Waals surface area contributed by atoms with Gasteiger partial charge in [-0.3, -0.25) is 4.79 Å². The van der Waals surface area contributed by atoms with Gasteiger partial charge in [-0.2, -0.15) is 0 Å². The molecular weight excluding hydrogens is 282 g/mol. The van der Waals surface area contributed by atoms with Gasteiger partial charge in [-0.25, -0.2) is 8.78 Å². The van der Waals surface area contributed by atoms with Crippen molar-refractivity contribution in [3.8, 4) is 0 Å². The van der Waals surface area contributed by atoms with Gasteiger partial charge in [0.25, 0.3) is 0 Å². The molecule has 1 amide bonds. The van der Waals surface area contributed by atoms with Gasteiger partial charge in [-0.15, -0.1) is 11.8 Å². The first-order valence-electron chi connectivity index (χ1n) is 6.70. The van der Waals surface area contributed by atoms with Crippen LogP contribution in [-0.4, -0.2) is 31.3 Å². The molecule has 1 fully saturated rings. The Labute approximate surface area is 121 Å². The molecular formula is C14H18F2N2OS. The highest BCUT2D eigenvalue weighted by Gasteiger charge is 2.14. The second kappa shape index (κ2) is 7.59. The standard InChI is InChI=1S/C14H18F2N2OS/c15-12-4-3-11(6-13(12)16)20-9-14(19)18-8-10-2-1-5-17-7-10/h3-4,6,10,17H,1-2,5,7-9H2,(H,18,19). The Kier molecular flexibility index (Phi) is 5.79. The lowest BCUT2D eigenvalue weighted by atomic mass is 10.00. The number of hydrogen-bond donors (Lipinski definition) is 2. The van der Waals surface area contributed by atoms with Crippen LogP contribution in [0.15, 0.2) is 23.1 Å². The van der Waals surface area contributed by atoms with Crippen molar-refractivity contribution in [1.82, 2.24) is 10.6 Å². The normalized spacial score (nSPS) is 18.8. The molecule has 0 spiro atoms. The molecule has 0 saturated carbocycles. The van der Waals surface area contributed by atoms with E-state index in [-0.39, 0.29) is 11.7 Å². The Bertz CT molecular complexity index is 464. The molecule has 3 nitrogen and oxygen atoms in total. The van der Waals surface area contributed by atoms with E-state index in [2.05, 4.69) is 10.6 Å². The average Bonchev–Trinajstić information content (AvgIpc) is 2.47. The van der Waals surface area contributed by atoms with E-state index in [1.807, 2.05) is 0 Å². The van der Waals surface area contributed by atoms with Gasteiger partial charge >= 0.3 is 0 Å². The summed E-state index contributed by atoms with van der Waals surface area (Å²) in [5, 5.41) is 6.18. The van der Waals surface area contributed by atoms with Crippen LogP contribution >= 0.6 is 11.8 Å². The summed E-state index contributed by atoms with van der Waals surface area (Å²) in [4.78, 5) is 12.2. The molecule has 2 N–H and O–H groups in total. The van der Waals surface area contributed by atoms with Crippen LogP contribution in [0.4, 0.5) is 8.78 Å². The molecule has 20 heavy (non-hydrogen) atoms. The number of nitrogens with one attached hydrogen (secondary N) is 2. The molecule has 1 unspecified atom stereocenters. The van der Waals surface area contributed by atoms with Crippen LogP contribution in [0.2, 0.25) is 0 Å². The van der Waals surface area contributed by atoms with Gasteiger partial charge in [0.15, 0.2) is 11.6 Å². The number of carbonyl (C=O) groups is 1. The minimum absolute atomic E-state index is 0.0784. The summed E-state index contributed by atoms with van der Waals surface area (Å²) in [6.45, 7) is 2.66. The van der Waals surface area contributed by atoms with E-state index >= 15 is 0 Å². The molecule has 1 saturated heterocycles. The van der Waals surface area contributed by atoms with Crippen LogP contribution < -0.4 is 10.6 Å². The number of amides is 1. The molecule has 110 valence electrons. The third kappa shape index (κ3) is 4.76. The number of benzene rings is 1. The van der Waals surface area contributed by atoms with Crippen LogP contribution in [0.1, 0.15) is 12.8 Å². The summed E-state index contributed by atoms with van der Waals surface area (Å²) in [6.07, 6.45) is 2.27. The largest absolute Gasteiger partial charge is 0.355 e. The predicted molar refractivity (Wildman–Crippen MR) is 75.7 cm³/mol. The van der Waals surface area contributed by atoms with Crippen molar-refractivity contribution in [1.29, 1.82) is 0 Å². The first kappa shape index (κ1) is 15.3. The maximum atomic E-state index is 13.0. The highest BCUT2D eigenvalue weighted by molar-refractivity contribution is 8.00. The Morgan fingerprint density at radius 1 is 1.40 bits per heavy atom. The first-order chi connectivity index (χ1) is 9.65. The highest BCUT2D eigenvalue weighted by atomic mass is 32.2. The molecule has 1 aromatic carbocycles. The van der Waals surface area contributed by atoms with Crippen LogP contribution in [0, 0.1) is 17.6 Å². The monoisotopic (exact) mass is 300 g/mol. The van der Waals surface area contributed by atoms with Gasteiger partial charge in [0.2, 0.25) is 5.91 Å². The zero-order valence-corrected chi connectivity index (χ0v) is 11.9. The van der Waals surface area contributed by atoms with E-state index in [0.29, 0.717) is 17.4 Å². The van der Waals surface area contributed by atoms with Crippen LogP contribution in [-0.2, 0) is 4.79 Å². The Balaban J connectivity index is 1.70. The summed E-state index contributed by atoms with van der Waals surface area (Å²) in [5.74, 6) is -1.14. The quantitative estimate of drug-likeness (QED) is 0.819. The minimum Gasteiger partial charge on any atom is -0.355 e. The third-order valence-corrected chi connectivity index (χ3v) is 4.24. The molecule has 6 heteroatoms. The second-order valence-electron chi connectivity index (χ2n) is 4.88. The van der Waals surface area contributed by atoms with Gasteiger partial charge < -0.3 is 10.6 Å². The van der Waals surface area contributed by atoms with Crippen molar-refractivity contribution in [2.45, 2.75) is 17.7 Å². The SMILES string of the molecule is O=C(CSc1ccc(F)c(F)c1)NCC1CCCNC1. The van der Waals surface area contributed by atoms with Gasteiger partial charge in [0, 0.05) is 11.4 Å². The predicted octanol–water partition coefficient (Wildman–Crippen LogP) is 2.17. The highest BCUT2D eigenvalue weighted by Crippen LogP contribution is 2.20. The van der Waals surface area contributed by atoms with Crippen LogP contribution in [0.5, 0.6) is 0 Å². The lowest BCUT2D eigenvalue weighted by Crippen LogP contribution is -2.38. The maximum Gasteiger partial charge on any atom is 0.230 e. The van der Waals surface area contributed by atoms with Crippen LogP contribution in [0.3, 0.4) is 0 Å². The van der Waals surface area contributed by atoms with E-state index < -0.39 is 11.6 Å². The molecule has 1 aliphatic heterocycles. The summed E-state index contributed by atoms with van der Waals surface area (Å²) in [5.41, 5.74) is 0. The van der Waals surface area contributed by atoms with Gasteiger partial charge in [-0.1, -0.05) is 0 Å². The van der Waals surface area contributed by atoms with Crippen molar-refractivity contribution in [2.24, 2.45) is 5.92 Å². The molecule has 1 aromatic rings. The number of halogens is 2. The fourth-order valence-corrected chi connectivity index (χ4v) is 2.87. The first-order valence-corrected chi connectivity index (χ1v) is 7.69. The van der Waals surface area contributed by atoms with Crippen molar-refractivity contribution >= 4 is 17.7 Å². The lowest BCUT2D eigenvalue weighted by Gasteiger charge is -2.22. The zero-order chi connectivity index (χ0) is 14.4. The van der Waals surface area contributed by atoms with Crippen molar-refractivity contribution < 1.29 is 13.6 Å². The molecule has 2 rings (SSSR count). The van der Waals surface area contributed by atoms with Crippen molar-refractivity contribution in [3.05, 3.63) is 29.8 Å². The molecule has 0 bridgehead atoms. The summed E-state index contributed by atoms with van der Waals surface area (Å²) in [6, 6.07) is 3.66. The summed E-state index contributed by atoms with van der Waals surface area (Å²) >= 11 is 1.20. The molecule has 0 aromatic heterocycles. The van der Waals surface area contributed by atoms with Crippen molar-refractivity contribution in [2.75, 3.05) is 25.4 Å². The van der Waals surface area contributed by atoms with Gasteiger partial charge in [-0.05, 0) is 50.0 Å². The summed E-state index contributed by atoms with van der Waals surface area (Å²) < 4.78 is 25.8. The average molecular weight is 300 g/mol. The Morgan fingerprint density at radius 2 is 2.25 bits per heavy atom. The number of carbonyl (C=O) groups excluding carboxylic acids is 1. The van der Waals surface area contributed by atoms with E-state index in [0.717, 1.165) is 38.1 Å². The number of rotatable bonds is 5. The minimum atomic E-state index is -0.885. The maximum absolute atomic E-state index is 13.0. The molecule has 0 radical (unpaired) electrons. The third-order valence-electron chi connectivity index (χ3n) is 3.25. The van der Waals surface area contributed by atoms with Gasteiger partial charge in [0.1, 0.15) is 0 Å². The molecule has 0 aliphatic carbocycles. The van der Waals surface area contributed by atoms with Gasteiger partial charge in [0.05, 0.1) is 5.75 Å². The fourth-order valence-electron chi connectivity index (χ4n) is 2.12. The fraction of sp³-hybridized carbons (Fsp3) is 0.500. The smallest absolute Gasteiger partial charge is 0.230 e. The van der Waals surface area contributed by atoms with Crippen molar-refractivity contribution in [3.63, 3.8) is 0 Å². The number of hydrogen-bond acceptors (Lipinski definition) is 3. The molecule has 1 atom stereocenters. The number of piperidine rings is 1. The molecule has 1 heterocycles. The Hall–Kier alpha value is -1.14. The number of thioether (sulfide) groups is 1. The van der Waals surface area contributed by atoms with Crippen LogP contribution in [0.25, 0.3) is 0 Å². The van der Waals surface area contributed by atoms with E-state index in [1.165, 1.54) is 17.8 Å². The van der Waals surface area contributed by atoms with E-state index in [1.54, 1.807) is 0 Å². The Morgan fingerprint density at radius 3 is 2.95 bits per heavy atom.